The summed E-state index contributed by atoms with van der Waals surface area (Å²) in [4.78, 5) is 29.0. The molecule has 2 fully saturated rings. The molecule has 5 rings (SSSR count). The Kier molecular flexibility index (Phi) is 6.84. The Hall–Kier alpha value is -3.23. The maximum Gasteiger partial charge on any atom is 0.410 e. The minimum atomic E-state index is -0.554. The average molecular weight is 539 g/mol. The Balaban J connectivity index is 1.46. The van der Waals surface area contributed by atoms with E-state index >= 15 is 0 Å². The van der Waals surface area contributed by atoms with Gasteiger partial charge in [0.1, 0.15) is 22.6 Å². The number of ether oxygens (including phenoxy) is 3. The third-order valence-electron chi connectivity index (χ3n) is 8.26. The van der Waals surface area contributed by atoms with Crippen LogP contribution in [0.4, 0.5) is 9.59 Å². The van der Waals surface area contributed by atoms with E-state index in [0.29, 0.717) is 39.1 Å². The Labute approximate surface area is 231 Å². The number of hydrogen-bond acceptors (Lipinski definition) is 6. The molecule has 3 aliphatic heterocycles. The molecule has 1 atom stereocenters. The number of hydrogen-bond donors (Lipinski definition) is 0. The molecular weight excluding hydrogens is 496 g/mol. The van der Waals surface area contributed by atoms with Crippen molar-refractivity contribution in [2.45, 2.75) is 96.9 Å². The van der Waals surface area contributed by atoms with E-state index in [1.54, 1.807) is 4.90 Å². The van der Waals surface area contributed by atoms with Crippen LogP contribution in [0.25, 0.3) is 11.3 Å². The number of likely N-dealkylation sites (tertiary alicyclic amines) is 2. The maximum atomic E-state index is 13.0. The van der Waals surface area contributed by atoms with Crippen molar-refractivity contribution < 1.29 is 23.8 Å². The highest BCUT2D eigenvalue weighted by atomic mass is 16.6. The van der Waals surface area contributed by atoms with Crippen molar-refractivity contribution in [2.24, 2.45) is 0 Å². The fraction of sp³-hybridized carbons (Fsp3) is 0.633. The van der Waals surface area contributed by atoms with Gasteiger partial charge >= 0.3 is 12.2 Å². The van der Waals surface area contributed by atoms with Crippen molar-refractivity contribution in [1.29, 1.82) is 0 Å². The lowest BCUT2D eigenvalue weighted by atomic mass is 9.79. The summed E-state index contributed by atoms with van der Waals surface area (Å²) in [5, 5.41) is 5.24. The molecule has 1 spiro atoms. The predicted molar refractivity (Wildman–Crippen MR) is 148 cm³/mol. The summed E-state index contributed by atoms with van der Waals surface area (Å²) in [6, 6.07) is 8.22. The Morgan fingerprint density at radius 1 is 1.10 bits per heavy atom. The number of nitrogens with zero attached hydrogens (tertiary/aromatic N) is 4. The van der Waals surface area contributed by atoms with Gasteiger partial charge < -0.3 is 24.0 Å². The van der Waals surface area contributed by atoms with Crippen LogP contribution >= 0.6 is 0 Å². The number of rotatable bonds is 2. The van der Waals surface area contributed by atoms with Gasteiger partial charge in [-0.2, -0.15) is 5.10 Å². The minimum Gasteiger partial charge on any atom is -0.482 e. The van der Waals surface area contributed by atoms with Gasteiger partial charge in [-0.05, 0) is 73.4 Å². The van der Waals surface area contributed by atoms with E-state index in [2.05, 4.69) is 31.5 Å². The molecule has 1 unspecified atom stereocenters. The van der Waals surface area contributed by atoms with Gasteiger partial charge in [-0.25, -0.2) is 9.59 Å². The molecule has 0 aliphatic carbocycles. The molecular formula is C30H42N4O5. The van der Waals surface area contributed by atoms with Gasteiger partial charge in [0, 0.05) is 54.8 Å². The summed E-state index contributed by atoms with van der Waals surface area (Å²) in [7, 11) is 0. The van der Waals surface area contributed by atoms with Crippen LogP contribution in [0, 0.1) is 6.92 Å². The quantitative estimate of drug-likeness (QED) is 0.463. The second-order valence-electron chi connectivity index (χ2n) is 12.6. The number of carbonyl (C=O) groups is 2. The lowest BCUT2D eigenvalue weighted by molar-refractivity contribution is -0.0145. The largest absolute Gasteiger partial charge is 0.482 e. The molecule has 2 aromatic rings. The molecule has 9 heteroatoms. The highest BCUT2D eigenvalue weighted by Crippen LogP contribution is 2.51. The first-order chi connectivity index (χ1) is 18.3. The van der Waals surface area contributed by atoms with E-state index in [1.807, 2.05) is 50.8 Å². The second-order valence-corrected chi connectivity index (χ2v) is 12.6. The number of aromatic nitrogens is 2. The van der Waals surface area contributed by atoms with Crippen LogP contribution < -0.4 is 4.74 Å². The molecule has 39 heavy (non-hydrogen) atoms. The number of piperidine rings is 2. The topological polar surface area (TPSA) is 86.1 Å². The van der Waals surface area contributed by atoms with Gasteiger partial charge in [-0.15, -0.1) is 0 Å². The van der Waals surface area contributed by atoms with Crippen LogP contribution in [-0.2, 0) is 15.1 Å². The number of amides is 2. The van der Waals surface area contributed by atoms with Crippen molar-refractivity contribution in [2.75, 3.05) is 26.2 Å². The van der Waals surface area contributed by atoms with E-state index in [9.17, 15) is 9.59 Å². The first kappa shape index (κ1) is 27.3. The van der Waals surface area contributed by atoms with Crippen LogP contribution in [0.3, 0.4) is 0 Å². The van der Waals surface area contributed by atoms with Gasteiger partial charge in [-0.3, -0.25) is 4.68 Å². The smallest absolute Gasteiger partial charge is 0.410 e. The number of carbonyl (C=O) groups excluding carboxylic acids is 2. The summed E-state index contributed by atoms with van der Waals surface area (Å²) in [5.74, 6) is 0.833. The van der Waals surface area contributed by atoms with Gasteiger partial charge in [0.2, 0.25) is 0 Å². The fourth-order valence-corrected chi connectivity index (χ4v) is 6.47. The Bertz CT molecular complexity index is 1250. The van der Waals surface area contributed by atoms with Crippen molar-refractivity contribution in [3.63, 3.8) is 0 Å². The number of fused-ring (bicyclic) bond motifs is 4. The molecule has 2 saturated heterocycles. The lowest BCUT2D eigenvalue weighted by Crippen LogP contribution is -2.54. The zero-order valence-corrected chi connectivity index (χ0v) is 24.4. The van der Waals surface area contributed by atoms with Crippen LogP contribution in [0.5, 0.6) is 5.75 Å². The van der Waals surface area contributed by atoms with Gasteiger partial charge in [0.15, 0.2) is 0 Å². The SMILES string of the molecule is CCOC(=O)N1CCC2(CC1)Oc1ccccc1-c1nn(C3CCN(C(=O)OC(C)(C)C)C(C)(C)C3)c(C)c12. The van der Waals surface area contributed by atoms with Crippen LogP contribution in [0.1, 0.15) is 84.5 Å². The van der Waals surface area contributed by atoms with Gasteiger partial charge in [0.25, 0.3) is 0 Å². The lowest BCUT2D eigenvalue weighted by Gasteiger charge is -2.46. The average Bonchev–Trinajstić information content (AvgIpc) is 3.21. The summed E-state index contributed by atoms with van der Waals surface area (Å²) >= 11 is 0. The maximum absolute atomic E-state index is 13.0. The third kappa shape index (κ3) is 4.96. The number of benzene rings is 1. The van der Waals surface area contributed by atoms with Crippen molar-refractivity contribution >= 4 is 12.2 Å². The summed E-state index contributed by atoms with van der Waals surface area (Å²) < 4.78 is 19.9. The van der Waals surface area contributed by atoms with E-state index in [0.717, 1.165) is 41.1 Å². The van der Waals surface area contributed by atoms with E-state index in [-0.39, 0.29) is 23.8 Å². The monoisotopic (exact) mass is 538 g/mol. The zero-order chi connectivity index (χ0) is 28.2. The zero-order valence-electron chi connectivity index (χ0n) is 24.4. The molecule has 1 aromatic carbocycles. The molecule has 0 N–H and O–H groups in total. The summed E-state index contributed by atoms with van der Waals surface area (Å²) in [5.41, 5.74) is 2.70. The Morgan fingerprint density at radius 3 is 2.44 bits per heavy atom. The van der Waals surface area contributed by atoms with Crippen molar-refractivity contribution in [3.05, 3.63) is 35.5 Å². The van der Waals surface area contributed by atoms with E-state index in [1.165, 1.54) is 0 Å². The van der Waals surface area contributed by atoms with E-state index < -0.39 is 11.2 Å². The first-order valence-corrected chi connectivity index (χ1v) is 14.2. The molecule has 0 saturated carbocycles. The standard InChI is InChI=1S/C30H42N4O5/c1-8-37-26(35)32-17-14-30(15-18-32)24-20(2)34(31-25(24)22-11-9-10-12-23(22)38-30)21-13-16-33(29(6,7)19-21)27(36)39-28(3,4)5/h9-12,21H,8,13-19H2,1-7H3. The molecule has 9 nitrogen and oxygen atoms in total. The number of para-hydroxylation sites is 1. The van der Waals surface area contributed by atoms with Crippen LogP contribution in [0.15, 0.2) is 24.3 Å². The summed E-state index contributed by atoms with van der Waals surface area (Å²) in [6.45, 7) is 16.0. The third-order valence-corrected chi connectivity index (χ3v) is 8.26. The van der Waals surface area contributed by atoms with Crippen molar-refractivity contribution in [3.8, 4) is 17.0 Å². The molecule has 3 aliphatic rings. The van der Waals surface area contributed by atoms with E-state index in [4.69, 9.17) is 19.3 Å². The van der Waals surface area contributed by atoms with Crippen LogP contribution in [-0.4, -0.2) is 69.1 Å². The normalized spacial score (nSPS) is 21.6. The Morgan fingerprint density at radius 2 is 1.79 bits per heavy atom. The van der Waals surface area contributed by atoms with Crippen molar-refractivity contribution in [1.82, 2.24) is 19.6 Å². The van der Waals surface area contributed by atoms with Crippen LogP contribution in [0.2, 0.25) is 0 Å². The second kappa shape index (κ2) is 9.75. The van der Waals surface area contributed by atoms with Gasteiger partial charge in [0.05, 0.1) is 12.6 Å². The molecule has 4 heterocycles. The summed E-state index contributed by atoms with van der Waals surface area (Å²) in [6.07, 6.45) is 2.35. The van der Waals surface area contributed by atoms with Gasteiger partial charge in [-0.1, -0.05) is 12.1 Å². The molecule has 212 valence electrons. The molecule has 0 bridgehead atoms. The molecule has 1 aromatic heterocycles. The highest BCUT2D eigenvalue weighted by Gasteiger charge is 2.49. The first-order valence-electron chi connectivity index (χ1n) is 14.2. The fourth-order valence-electron chi connectivity index (χ4n) is 6.47. The highest BCUT2D eigenvalue weighted by molar-refractivity contribution is 5.75. The molecule has 0 radical (unpaired) electrons. The predicted octanol–water partition coefficient (Wildman–Crippen LogP) is 6.05. The molecule has 2 amide bonds. The minimum absolute atomic E-state index is 0.133.